The molecular weight excluding hydrogens is 166 g/mol. The van der Waals surface area contributed by atoms with Crippen LogP contribution in [0.1, 0.15) is 17.4 Å². The molecule has 0 fully saturated rings. The third-order valence-corrected chi connectivity index (χ3v) is 2.03. The highest BCUT2D eigenvalue weighted by Gasteiger charge is 2.14. The lowest BCUT2D eigenvalue weighted by molar-refractivity contribution is 0.101. The van der Waals surface area contributed by atoms with Gasteiger partial charge in [0.2, 0.25) is 0 Å². The van der Waals surface area contributed by atoms with E-state index in [0.29, 0.717) is 11.4 Å². The minimum atomic E-state index is -0.00639. The van der Waals surface area contributed by atoms with E-state index in [4.69, 9.17) is 5.73 Å². The Morgan fingerprint density at radius 1 is 1.54 bits per heavy atom. The molecule has 1 heterocycles. The maximum Gasteiger partial charge on any atom is 0.178 e. The van der Waals surface area contributed by atoms with Crippen molar-refractivity contribution in [1.82, 2.24) is 4.57 Å². The van der Waals surface area contributed by atoms with Crippen LogP contribution in [0.5, 0.6) is 0 Å². The minimum Gasteiger partial charge on any atom is -0.397 e. The average molecular weight is 181 g/mol. The van der Waals surface area contributed by atoms with Crippen molar-refractivity contribution in [3.63, 3.8) is 0 Å². The molecule has 0 saturated carbocycles. The first-order valence-corrected chi connectivity index (χ1v) is 4.08. The minimum absolute atomic E-state index is 0.00639. The van der Waals surface area contributed by atoms with Gasteiger partial charge in [-0.3, -0.25) is 4.79 Å². The van der Waals surface area contributed by atoms with Crippen LogP contribution in [-0.2, 0) is 7.05 Å². The average Bonchev–Trinajstić information content (AvgIpc) is 2.26. The second-order valence-electron chi connectivity index (χ2n) is 3.32. The summed E-state index contributed by atoms with van der Waals surface area (Å²) in [4.78, 5) is 13.1. The van der Waals surface area contributed by atoms with E-state index in [2.05, 4.69) is 0 Å². The summed E-state index contributed by atoms with van der Waals surface area (Å²) in [5, 5.41) is 0. The zero-order valence-electron chi connectivity index (χ0n) is 8.46. The van der Waals surface area contributed by atoms with Gasteiger partial charge in [-0.2, -0.15) is 0 Å². The Morgan fingerprint density at radius 3 is 2.31 bits per heavy atom. The van der Waals surface area contributed by atoms with Gasteiger partial charge in [-0.1, -0.05) is 0 Å². The summed E-state index contributed by atoms with van der Waals surface area (Å²) in [6.45, 7) is 1.52. The summed E-state index contributed by atoms with van der Waals surface area (Å²) in [7, 11) is 5.67. The van der Waals surface area contributed by atoms with Gasteiger partial charge in [-0.25, -0.2) is 0 Å². The van der Waals surface area contributed by atoms with Gasteiger partial charge >= 0.3 is 0 Å². The van der Waals surface area contributed by atoms with E-state index < -0.39 is 0 Å². The first-order valence-electron chi connectivity index (χ1n) is 4.08. The number of hydrogen-bond donors (Lipinski definition) is 1. The van der Waals surface area contributed by atoms with Crippen LogP contribution >= 0.6 is 0 Å². The van der Waals surface area contributed by atoms with E-state index in [1.165, 1.54) is 6.92 Å². The van der Waals surface area contributed by atoms with Gasteiger partial charge in [0.15, 0.2) is 5.78 Å². The number of rotatable bonds is 2. The standard InChI is InChI=1S/C9H15N3O/c1-6(13)9-7(10)5-8(11(2)3)12(9)4/h5H,10H2,1-4H3. The highest BCUT2D eigenvalue weighted by atomic mass is 16.1. The van der Waals surface area contributed by atoms with E-state index >= 15 is 0 Å². The molecule has 0 radical (unpaired) electrons. The molecule has 0 spiro atoms. The largest absolute Gasteiger partial charge is 0.397 e. The molecule has 0 saturated heterocycles. The van der Waals surface area contributed by atoms with Crippen LogP contribution in [0.15, 0.2) is 6.07 Å². The molecular formula is C9H15N3O. The molecule has 4 heteroatoms. The maximum absolute atomic E-state index is 11.2. The van der Waals surface area contributed by atoms with Gasteiger partial charge in [0.25, 0.3) is 0 Å². The SMILES string of the molecule is CC(=O)c1c(N)cc(N(C)C)n1C. The molecule has 1 aromatic heterocycles. The Kier molecular flexibility index (Phi) is 2.32. The summed E-state index contributed by atoms with van der Waals surface area (Å²) in [5.74, 6) is 0.927. The van der Waals surface area contributed by atoms with Gasteiger partial charge in [0, 0.05) is 34.1 Å². The third kappa shape index (κ3) is 1.52. The number of Topliss-reactive ketones (excluding diaryl/α,β-unsaturated/α-hetero) is 1. The zero-order valence-corrected chi connectivity index (χ0v) is 8.46. The van der Waals surface area contributed by atoms with E-state index in [1.807, 2.05) is 26.0 Å². The molecule has 0 aliphatic rings. The quantitative estimate of drug-likeness (QED) is 0.689. The summed E-state index contributed by atoms with van der Waals surface area (Å²) >= 11 is 0. The molecule has 1 rings (SSSR count). The smallest absolute Gasteiger partial charge is 0.178 e. The van der Waals surface area contributed by atoms with E-state index in [9.17, 15) is 4.79 Å². The topological polar surface area (TPSA) is 51.3 Å². The number of anilines is 2. The van der Waals surface area contributed by atoms with E-state index in [0.717, 1.165) is 5.82 Å². The fourth-order valence-corrected chi connectivity index (χ4v) is 1.48. The van der Waals surface area contributed by atoms with Gasteiger partial charge in [-0.05, 0) is 0 Å². The van der Waals surface area contributed by atoms with Crippen molar-refractivity contribution in [3.05, 3.63) is 11.8 Å². The number of ketones is 1. The lowest BCUT2D eigenvalue weighted by Gasteiger charge is -2.13. The lowest BCUT2D eigenvalue weighted by Crippen LogP contribution is -2.14. The summed E-state index contributed by atoms with van der Waals surface area (Å²) in [6.07, 6.45) is 0. The molecule has 0 aliphatic carbocycles. The zero-order chi connectivity index (χ0) is 10.2. The fraction of sp³-hybridized carbons (Fsp3) is 0.444. The Bertz CT molecular complexity index is 339. The molecule has 72 valence electrons. The van der Waals surface area contributed by atoms with Crippen LogP contribution in [0.25, 0.3) is 0 Å². The predicted octanol–water partition coefficient (Wildman–Crippen LogP) is 0.876. The van der Waals surface area contributed by atoms with Crippen molar-refractivity contribution in [2.24, 2.45) is 7.05 Å². The monoisotopic (exact) mass is 181 g/mol. The van der Waals surface area contributed by atoms with Crippen molar-refractivity contribution >= 4 is 17.3 Å². The molecule has 0 bridgehead atoms. The van der Waals surface area contributed by atoms with Crippen molar-refractivity contribution in [3.8, 4) is 0 Å². The van der Waals surface area contributed by atoms with Crippen LogP contribution in [0.3, 0.4) is 0 Å². The Morgan fingerprint density at radius 2 is 2.08 bits per heavy atom. The first-order chi connectivity index (χ1) is 5.95. The fourth-order valence-electron chi connectivity index (χ4n) is 1.48. The van der Waals surface area contributed by atoms with Crippen LogP contribution in [0.4, 0.5) is 11.5 Å². The van der Waals surface area contributed by atoms with Crippen molar-refractivity contribution in [2.45, 2.75) is 6.92 Å². The molecule has 2 N–H and O–H groups in total. The molecule has 13 heavy (non-hydrogen) atoms. The van der Waals surface area contributed by atoms with E-state index in [-0.39, 0.29) is 5.78 Å². The Labute approximate surface area is 77.9 Å². The highest BCUT2D eigenvalue weighted by Crippen LogP contribution is 2.23. The normalized spacial score (nSPS) is 10.2. The maximum atomic E-state index is 11.2. The van der Waals surface area contributed by atoms with E-state index in [1.54, 1.807) is 10.6 Å². The lowest BCUT2D eigenvalue weighted by atomic mass is 10.3. The molecule has 0 aromatic carbocycles. The predicted molar refractivity (Wildman–Crippen MR) is 54.2 cm³/mol. The summed E-state index contributed by atoms with van der Waals surface area (Å²) < 4.78 is 1.80. The first kappa shape index (κ1) is 9.64. The molecule has 1 aromatic rings. The van der Waals surface area contributed by atoms with Crippen LogP contribution < -0.4 is 10.6 Å². The number of aromatic nitrogens is 1. The second-order valence-corrected chi connectivity index (χ2v) is 3.32. The van der Waals surface area contributed by atoms with Crippen LogP contribution in [0.2, 0.25) is 0 Å². The number of carbonyl (C=O) groups is 1. The van der Waals surface area contributed by atoms with Gasteiger partial charge in [-0.15, -0.1) is 0 Å². The van der Waals surface area contributed by atoms with Gasteiger partial charge < -0.3 is 15.2 Å². The molecule has 0 atom stereocenters. The number of nitrogen functional groups attached to an aromatic ring is 1. The van der Waals surface area contributed by atoms with Crippen LogP contribution in [-0.4, -0.2) is 24.4 Å². The molecule has 0 unspecified atom stereocenters. The number of nitrogens with two attached hydrogens (primary N) is 1. The van der Waals surface area contributed by atoms with Crippen molar-refractivity contribution < 1.29 is 4.79 Å². The number of hydrogen-bond acceptors (Lipinski definition) is 3. The van der Waals surface area contributed by atoms with Crippen molar-refractivity contribution in [2.75, 3.05) is 24.7 Å². The number of carbonyl (C=O) groups excluding carboxylic acids is 1. The second kappa shape index (κ2) is 3.12. The van der Waals surface area contributed by atoms with Gasteiger partial charge in [0.05, 0.1) is 5.69 Å². The summed E-state index contributed by atoms with van der Waals surface area (Å²) in [6, 6.07) is 1.80. The highest BCUT2D eigenvalue weighted by molar-refractivity contribution is 5.98. The summed E-state index contributed by atoms with van der Waals surface area (Å²) in [5.41, 5.74) is 6.83. The molecule has 0 aliphatic heterocycles. The van der Waals surface area contributed by atoms with Crippen LogP contribution in [0, 0.1) is 0 Å². The Hall–Kier alpha value is -1.45. The number of nitrogens with zero attached hydrogens (tertiary/aromatic N) is 2. The Balaban J connectivity index is 3.30. The van der Waals surface area contributed by atoms with Crippen molar-refractivity contribution in [1.29, 1.82) is 0 Å². The van der Waals surface area contributed by atoms with Gasteiger partial charge in [0.1, 0.15) is 11.5 Å². The molecule has 4 nitrogen and oxygen atoms in total. The third-order valence-electron chi connectivity index (χ3n) is 2.03. The molecule has 0 amide bonds.